The van der Waals surface area contributed by atoms with E-state index in [1.54, 1.807) is 23.3 Å². The van der Waals surface area contributed by atoms with Crippen LogP contribution in [0.25, 0.3) is 11.3 Å². The summed E-state index contributed by atoms with van der Waals surface area (Å²) in [6.45, 7) is 0. The first kappa shape index (κ1) is 16.9. The van der Waals surface area contributed by atoms with Crippen molar-refractivity contribution < 1.29 is 9.59 Å². The average Bonchev–Trinajstić information content (AvgIpc) is 3.38. The molecule has 1 saturated heterocycles. The highest BCUT2D eigenvalue weighted by molar-refractivity contribution is 7.10. The second-order valence-corrected chi connectivity index (χ2v) is 7.72. The third-order valence-corrected chi connectivity index (χ3v) is 6.01. The smallest absolute Gasteiger partial charge is 0.230 e. The lowest BCUT2D eigenvalue weighted by Gasteiger charge is -2.23. The molecule has 3 heterocycles. The van der Waals surface area contributed by atoms with E-state index in [1.807, 2.05) is 47.2 Å². The Morgan fingerprint density at radius 3 is 2.73 bits per heavy atom. The van der Waals surface area contributed by atoms with Gasteiger partial charge < -0.3 is 10.2 Å². The average molecular weight is 384 g/mol. The number of carbonyl (C=O) groups excluding carboxylic acids is 2. The van der Waals surface area contributed by atoms with Gasteiger partial charge in [-0.25, -0.2) is 0 Å². The van der Waals surface area contributed by atoms with Crippen LogP contribution >= 0.6 is 22.9 Å². The second-order valence-electron chi connectivity index (χ2n) is 6.13. The highest BCUT2D eigenvalue weighted by Gasteiger charge is 2.43. The molecule has 2 aromatic heterocycles. The van der Waals surface area contributed by atoms with Crippen LogP contribution in [-0.4, -0.2) is 33.3 Å². The predicted molar refractivity (Wildman–Crippen MR) is 102 cm³/mol. The van der Waals surface area contributed by atoms with Crippen LogP contribution in [0.15, 0.2) is 47.2 Å². The number of hydrogen-bond donors (Lipinski definition) is 1. The van der Waals surface area contributed by atoms with Crippen molar-refractivity contribution in [1.29, 1.82) is 0 Å². The molecule has 6 nitrogen and oxygen atoms in total. The predicted octanol–water partition coefficient (Wildman–Crippen LogP) is 3.42. The Morgan fingerprint density at radius 2 is 2.08 bits per heavy atom. The zero-order valence-electron chi connectivity index (χ0n) is 14.0. The molecular formula is C18H16N4O2S2. The summed E-state index contributed by atoms with van der Waals surface area (Å²) in [6.07, 6.45) is 0.230. The molecule has 26 heavy (non-hydrogen) atoms. The Kier molecular flexibility index (Phi) is 4.52. The van der Waals surface area contributed by atoms with Crippen LogP contribution < -0.4 is 5.32 Å². The van der Waals surface area contributed by atoms with Crippen LogP contribution in [0, 0.1) is 5.92 Å². The van der Waals surface area contributed by atoms with E-state index in [9.17, 15) is 9.59 Å². The fourth-order valence-corrected chi connectivity index (χ4v) is 4.60. The maximum Gasteiger partial charge on any atom is 0.230 e. The lowest BCUT2D eigenvalue weighted by atomic mass is 9.97. The van der Waals surface area contributed by atoms with E-state index >= 15 is 0 Å². The van der Waals surface area contributed by atoms with Crippen molar-refractivity contribution in [2.75, 3.05) is 12.4 Å². The van der Waals surface area contributed by atoms with E-state index in [1.165, 1.54) is 11.5 Å². The molecule has 1 aliphatic rings. The maximum atomic E-state index is 12.8. The zero-order chi connectivity index (χ0) is 18.1. The van der Waals surface area contributed by atoms with Gasteiger partial charge in [0.25, 0.3) is 0 Å². The Hall–Kier alpha value is -2.58. The maximum absolute atomic E-state index is 12.8. The Morgan fingerprint density at radius 1 is 1.27 bits per heavy atom. The molecule has 0 saturated carbocycles. The van der Waals surface area contributed by atoms with E-state index in [0.717, 1.165) is 16.1 Å². The van der Waals surface area contributed by atoms with E-state index in [0.29, 0.717) is 5.69 Å². The molecule has 1 aromatic carbocycles. The monoisotopic (exact) mass is 384 g/mol. The first-order valence-corrected chi connectivity index (χ1v) is 9.82. The number of aromatic nitrogens is 2. The van der Waals surface area contributed by atoms with E-state index in [2.05, 4.69) is 14.9 Å². The molecule has 132 valence electrons. The molecule has 1 aliphatic heterocycles. The number of nitrogens with one attached hydrogen (secondary N) is 1. The fraction of sp³-hybridized carbons (Fsp3) is 0.222. The van der Waals surface area contributed by atoms with Gasteiger partial charge in [0, 0.05) is 35.0 Å². The quantitative estimate of drug-likeness (QED) is 0.748. The number of anilines is 1. The van der Waals surface area contributed by atoms with Crippen LogP contribution in [0.5, 0.6) is 0 Å². The highest BCUT2D eigenvalue weighted by atomic mass is 32.1. The van der Waals surface area contributed by atoms with Gasteiger partial charge >= 0.3 is 0 Å². The van der Waals surface area contributed by atoms with Crippen molar-refractivity contribution >= 4 is 40.4 Å². The molecule has 8 heteroatoms. The molecular weight excluding hydrogens is 368 g/mol. The molecule has 2 atom stereocenters. The molecule has 2 unspecified atom stereocenters. The minimum absolute atomic E-state index is 0.00469. The Bertz CT molecular complexity index is 907. The molecule has 2 amide bonds. The van der Waals surface area contributed by atoms with Crippen LogP contribution in [0.2, 0.25) is 0 Å². The summed E-state index contributed by atoms with van der Waals surface area (Å²) >= 11 is 2.87. The third kappa shape index (κ3) is 3.13. The summed E-state index contributed by atoms with van der Waals surface area (Å²) < 4.78 is 3.85. The first-order valence-electron chi connectivity index (χ1n) is 8.11. The van der Waals surface area contributed by atoms with E-state index in [4.69, 9.17) is 0 Å². The lowest BCUT2D eigenvalue weighted by molar-refractivity contribution is -0.127. The number of amides is 2. The number of thiophene rings is 1. The van der Waals surface area contributed by atoms with Crippen LogP contribution in [0.3, 0.4) is 0 Å². The summed E-state index contributed by atoms with van der Waals surface area (Å²) in [4.78, 5) is 27.7. The van der Waals surface area contributed by atoms with Gasteiger partial charge in [-0.3, -0.25) is 9.59 Å². The third-order valence-electron chi connectivity index (χ3n) is 4.57. The van der Waals surface area contributed by atoms with Crippen molar-refractivity contribution in [3.63, 3.8) is 0 Å². The summed E-state index contributed by atoms with van der Waals surface area (Å²) in [5.74, 6) is -0.535. The summed E-state index contributed by atoms with van der Waals surface area (Å²) in [5, 5.41) is 10.8. The molecule has 0 bridgehead atoms. The molecule has 1 N–H and O–H groups in total. The van der Waals surface area contributed by atoms with E-state index in [-0.39, 0.29) is 24.3 Å². The van der Waals surface area contributed by atoms with Crippen molar-refractivity contribution in [2.45, 2.75) is 12.5 Å². The van der Waals surface area contributed by atoms with Crippen molar-refractivity contribution in [2.24, 2.45) is 5.92 Å². The molecule has 0 radical (unpaired) electrons. The SMILES string of the molecule is CN1C(=O)CC(C(=O)Nc2ccc(-c3csnn3)cc2)C1c1cccs1. The van der Waals surface area contributed by atoms with Gasteiger partial charge in [-0.2, -0.15) is 0 Å². The molecule has 3 aromatic rings. The fourth-order valence-electron chi connectivity index (χ4n) is 3.20. The van der Waals surface area contributed by atoms with Crippen molar-refractivity contribution in [1.82, 2.24) is 14.5 Å². The summed E-state index contributed by atoms with van der Waals surface area (Å²) in [6, 6.07) is 11.2. The van der Waals surface area contributed by atoms with Gasteiger partial charge in [0.05, 0.1) is 12.0 Å². The Labute approximate surface area is 158 Å². The van der Waals surface area contributed by atoms with Gasteiger partial charge in [0.1, 0.15) is 5.69 Å². The van der Waals surface area contributed by atoms with Crippen LogP contribution in [-0.2, 0) is 9.59 Å². The second kappa shape index (κ2) is 6.97. The highest BCUT2D eigenvalue weighted by Crippen LogP contribution is 2.39. The van der Waals surface area contributed by atoms with Crippen LogP contribution in [0.4, 0.5) is 5.69 Å². The van der Waals surface area contributed by atoms with Crippen LogP contribution in [0.1, 0.15) is 17.3 Å². The van der Waals surface area contributed by atoms with Crippen molar-refractivity contribution in [3.8, 4) is 11.3 Å². The minimum Gasteiger partial charge on any atom is -0.337 e. The zero-order valence-corrected chi connectivity index (χ0v) is 15.6. The number of carbonyl (C=O) groups is 2. The largest absolute Gasteiger partial charge is 0.337 e. The molecule has 0 aliphatic carbocycles. The summed E-state index contributed by atoms with van der Waals surface area (Å²) in [7, 11) is 1.76. The molecule has 1 fully saturated rings. The lowest BCUT2D eigenvalue weighted by Crippen LogP contribution is -2.29. The summed E-state index contributed by atoms with van der Waals surface area (Å²) in [5.41, 5.74) is 2.46. The van der Waals surface area contributed by atoms with Gasteiger partial charge in [-0.15, -0.1) is 16.4 Å². The standard InChI is InChI=1S/C18H16N4O2S2/c1-22-16(23)9-13(17(22)15-3-2-8-25-15)18(24)19-12-6-4-11(5-7-12)14-10-26-21-20-14/h2-8,10,13,17H,9H2,1H3,(H,19,24). The van der Waals surface area contributed by atoms with Gasteiger partial charge in [-0.05, 0) is 35.1 Å². The molecule has 4 rings (SSSR count). The van der Waals surface area contributed by atoms with Gasteiger partial charge in [-0.1, -0.05) is 22.7 Å². The number of benzene rings is 1. The minimum atomic E-state index is -0.395. The number of rotatable bonds is 4. The number of nitrogens with zero attached hydrogens (tertiary/aromatic N) is 3. The van der Waals surface area contributed by atoms with Crippen molar-refractivity contribution in [3.05, 3.63) is 52.0 Å². The number of likely N-dealkylation sites (tertiary alicyclic amines) is 1. The normalized spacial score (nSPS) is 19.7. The first-order chi connectivity index (χ1) is 12.6. The van der Waals surface area contributed by atoms with E-state index < -0.39 is 5.92 Å². The number of hydrogen-bond acceptors (Lipinski definition) is 6. The molecule has 0 spiro atoms. The van der Waals surface area contributed by atoms with Gasteiger partial charge in [0.2, 0.25) is 11.8 Å². The Balaban J connectivity index is 1.51. The van der Waals surface area contributed by atoms with Gasteiger partial charge in [0.15, 0.2) is 0 Å². The topological polar surface area (TPSA) is 75.2 Å².